The molecule has 0 aliphatic heterocycles. The van der Waals surface area contributed by atoms with Gasteiger partial charge < -0.3 is 5.32 Å². The van der Waals surface area contributed by atoms with Crippen LogP contribution in [0.25, 0.3) is 11.0 Å². The average Bonchev–Trinajstić information content (AvgIpc) is 3.18. The molecule has 136 valence electrons. The van der Waals surface area contributed by atoms with Crippen LogP contribution < -0.4 is 16.2 Å². The molecule has 3 heterocycles. The summed E-state index contributed by atoms with van der Waals surface area (Å²) in [6, 6.07) is 3.31. The van der Waals surface area contributed by atoms with E-state index in [1.54, 1.807) is 18.4 Å². The van der Waals surface area contributed by atoms with Crippen LogP contribution in [0, 0.1) is 0 Å². The topological polar surface area (TPSA) is 111 Å². The molecule has 3 aromatic heterocycles. The summed E-state index contributed by atoms with van der Waals surface area (Å²) in [6.07, 6.45) is 1.95. The zero-order valence-electron chi connectivity index (χ0n) is 13.7. The van der Waals surface area contributed by atoms with Gasteiger partial charge in [0.05, 0.1) is 0 Å². The van der Waals surface area contributed by atoms with E-state index in [4.69, 9.17) is 0 Å². The van der Waals surface area contributed by atoms with Crippen LogP contribution in [0.15, 0.2) is 33.2 Å². The summed E-state index contributed by atoms with van der Waals surface area (Å²) in [4.78, 5) is 41.5. The van der Waals surface area contributed by atoms with Crippen molar-refractivity contribution < 1.29 is 9.59 Å². The van der Waals surface area contributed by atoms with Gasteiger partial charge in [-0.1, -0.05) is 6.07 Å². The average molecular weight is 439 g/mol. The molecule has 0 unspecified atom stereocenters. The molecule has 0 aliphatic rings. The highest BCUT2D eigenvalue weighted by atomic mass is 79.9. The quantitative estimate of drug-likeness (QED) is 0.617. The minimum Gasteiger partial charge on any atom is -0.337 e. The number of hydrogen-bond acceptors (Lipinski definition) is 6. The van der Waals surface area contributed by atoms with Gasteiger partial charge in [0.15, 0.2) is 5.65 Å². The third-order valence-electron chi connectivity index (χ3n) is 3.57. The normalized spacial score (nSPS) is 10.8. The second-order valence-electron chi connectivity index (χ2n) is 5.42. The Bertz CT molecular complexity index is 1010. The van der Waals surface area contributed by atoms with Crippen LogP contribution in [-0.4, -0.2) is 37.8 Å². The summed E-state index contributed by atoms with van der Waals surface area (Å²) in [5, 5.41) is 11.1. The maximum Gasteiger partial charge on any atom is 0.321 e. The summed E-state index contributed by atoms with van der Waals surface area (Å²) in [7, 11) is 1.66. The Morgan fingerprint density at radius 2 is 2.19 bits per heavy atom. The maximum atomic E-state index is 12.4. The molecule has 0 fully saturated rings. The van der Waals surface area contributed by atoms with E-state index in [1.807, 2.05) is 17.5 Å². The molecular formula is C15H15BrN6O3S. The molecule has 0 saturated heterocycles. The number of carbonyl (C=O) groups excluding carboxylic acids is 2. The molecule has 0 aromatic carbocycles. The van der Waals surface area contributed by atoms with Gasteiger partial charge in [-0.15, -0.1) is 11.3 Å². The van der Waals surface area contributed by atoms with Crippen LogP contribution in [0.3, 0.4) is 0 Å². The summed E-state index contributed by atoms with van der Waals surface area (Å²) in [6.45, 7) is 0.0944. The van der Waals surface area contributed by atoms with Gasteiger partial charge >= 0.3 is 6.03 Å². The lowest BCUT2D eigenvalue weighted by atomic mass is 10.3. The van der Waals surface area contributed by atoms with Gasteiger partial charge in [-0.2, -0.15) is 5.10 Å². The second kappa shape index (κ2) is 7.79. The van der Waals surface area contributed by atoms with Gasteiger partial charge in [-0.3, -0.25) is 19.5 Å². The van der Waals surface area contributed by atoms with E-state index in [0.717, 1.165) is 9.44 Å². The fraction of sp³-hybridized carbons (Fsp3) is 0.267. The summed E-state index contributed by atoms with van der Waals surface area (Å²) >= 11 is 4.81. The smallest absolute Gasteiger partial charge is 0.321 e. The predicted octanol–water partition coefficient (Wildman–Crippen LogP) is 1.02. The minimum absolute atomic E-state index is 0.281. The largest absolute Gasteiger partial charge is 0.337 e. The fourth-order valence-corrected chi connectivity index (χ4v) is 3.66. The number of aromatic nitrogens is 4. The predicted molar refractivity (Wildman–Crippen MR) is 100 cm³/mol. The molecular weight excluding hydrogens is 424 g/mol. The Balaban J connectivity index is 1.58. The summed E-state index contributed by atoms with van der Waals surface area (Å²) < 4.78 is 2.95. The number of rotatable bonds is 5. The minimum atomic E-state index is -0.609. The number of urea groups is 1. The number of carbonyl (C=O) groups is 2. The fourth-order valence-electron chi connectivity index (χ4n) is 2.37. The monoisotopic (exact) mass is 438 g/mol. The molecule has 3 rings (SSSR count). The van der Waals surface area contributed by atoms with Crippen molar-refractivity contribution in [3.63, 3.8) is 0 Å². The molecule has 0 radical (unpaired) electrons. The zero-order chi connectivity index (χ0) is 18.7. The Morgan fingerprint density at radius 1 is 1.38 bits per heavy atom. The van der Waals surface area contributed by atoms with Crippen LogP contribution in [-0.2, 0) is 24.8 Å². The summed E-state index contributed by atoms with van der Waals surface area (Å²) in [5.74, 6) is -0.609. The molecule has 2 N–H and O–H groups in total. The lowest BCUT2D eigenvalue weighted by Gasteiger charge is -2.07. The number of halogens is 1. The molecule has 0 atom stereocenters. The van der Waals surface area contributed by atoms with Crippen molar-refractivity contribution in [3.8, 4) is 0 Å². The number of nitrogens with zero attached hydrogens (tertiary/aromatic N) is 4. The van der Waals surface area contributed by atoms with Gasteiger partial charge in [0.2, 0.25) is 5.91 Å². The maximum absolute atomic E-state index is 12.4. The molecule has 11 heteroatoms. The Kier molecular flexibility index (Phi) is 5.47. The van der Waals surface area contributed by atoms with Gasteiger partial charge in [0.25, 0.3) is 5.56 Å². The van der Waals surface area contributed by atoms with Crippen molar-refractivity contribution in [2.75, 3.05) is 6.54 Å². The van der Waals surface area contributed by atoms with Crippen molar-refractivity contribution in [1.82, 2.24) is 30.0 Å². The van der Waals surface area contributed by atoms with Crippen LogP contribution in [0.4, 0.5) is 4.79 Å². The number of fused-ring (bicyclic) bond motifs is 1. The van der Waals surface area contributed by atoms with Gasteiger partial charge in [-0.05, 0) is 33.8 Å². The molecule has 26 heavy (non-hydrogen) atoms. The number of nitrogens with one attached hydrogen (secondary N) is 2. The highest BCUT2D eigenvalue weighted by molar-refractivity contribution is 9.10. The standard InChI is InChI=1S/C15H15BrN6O3S/c1-21-13-11(12(16)20-21)14(24)22(8-18-13)7-10(23)19-15(25)17-5-4-9-3-2-6-26-9/h2-3,6,8H,4-5,7H2,1H3,(H2,17,19,23,25). The van der Waals surface area contributed by atoms with E-state index in [-0.39, 0.29) is 11.9 Å². The summed E-state index contributed by atoms with van der Waals surface area (Å²) in [5.41, 5.74) is -0.00641. The number of imide groups is 1. The van der Waals surface area contributed by atoms with Crippen molar-refractivity contribution in [2.24, 2.45) is 7.05 Å². The molecule has 3 aromatic rings. The van der Waals surface area contributed by atoms with Gasteiger partial charge in [0, 0.05) is 18.5 Å². The van der Waals surface area contributed by atoms with Crippen molar-refractivity contribution in [1.29, 1.82) is 0 Å². The lowest BCUT2D eigenvalue weighted by Crippen LogP contribution is -2.42. The molecule has 0 aliphatic carbocycles. The van der Waals surface area contributed by atoms with E-state index in [1.165, 1.54) is 11.0 Å². The highest BCUT2D eigenvalue weighted by Crippen LogP contribution is 2.16. The Hall–Kier alpha value is -2.53. The Morgan fingerprint density at radius 3 is 2.92 bits per heavy atom. The van der Waals surface area contributed by atoms with Crippen LogP contribution >= 0.6 is 27.3 Å². The third kappa shape index (κ3) is 3.99. The number of amides is 3. The van der Waals surface area contributed by atoms with E-state index >= 15 is 0 Å². The molecule has 0 saturated carbocycles. The first kappa shape index (κ1) is 18.3. The number of aryl methyl sites for hydroxylation is 1. The van der Waals surface area contributed by atoms with Crippen LogP contribution in [0.1, 0.15) is 4.88 Å². The van der Waals surface area contributed by atoms with Crippen molar-refractivity contribution in [2.45, 2.75) is 13.0 Å². The third-order valence-corrected chi connectivity index (χ3v) is 5.06. The van der Waals surface area contributed by atoms with E-state index < -0.39 is 17.5 Å². The number of thiophene rings is 1. The number of hydrogen-bond donors (Lipinski definition) is 2. The van der Waals surface area contributed by atoms with Crippen molar-refractivity contribution in [3.05, 3.63) is 43.7 Å². The van der Waals surface area contributed by atoms with Crippen LogP contribution in [0.2, 0.25) is 0 Å². The molecule has 3 amide bonds. The van der Waals surface area contributed by atoms with E-state index in [2.05, 4.69) is 36.6 Å². The first-order valence-corrected chi connectivity index (χ1v) is 9.30. The second-order valence-corrected chi connectivity index (χ2v) is 7.21. The lowest BCUT2D eigenvalue weighted by molar-refractivity contribution is -0.120. The molecule has 9 nitrogen and oxygen atoms in total. The van der Waals surface area contributed by atoms with Gasteiger partial charge in [0.1, 0.15) is 22.9 Å². The zero-order valence-corrected chi connectivity index (χ0v) is 16.1. The Labute approximate surface area is 160 Å². The van der Waals surface area contributed by atoms with Crippen LogP contribution in [0.5, 0.6) is 0 Å². The molecule has 0 spiro atoms. The first-order chi connectivity index (χ1) is 12.5. The SMILES string of the molecule is Cn1nc(Br)c2c(=O)n(CC(=O)NC(=O)NCCc3cccs3)cnc21. The molecule has 0 bridgehead atoms. The first-order valence-electron chi connectivity index (χ1n) is 7.63. The van der Waals surface area contributed by atoms with E-state index in [0.29, 0.717) is 23.2 Å². The van der Waals surface area contributed by atoms with E-state index in [9.17, 15) is 14.4 Å². The van der Waals surface area contributed by atoms with Crippen molar-refractivity contribution >= 4 is 50.2 Å². The van der Waals surface area contributed by atoms with Gasteiger partial charge in [-0.25, -0.2) is 14.5 Å². The highest BCUT2D eigenvalue weighted by Gasteiger charge is 2.15.